The van der Waals surface area contributed by atoms with Crippen molar-refractivity contribution in [3.8, 4) is 0 Å². The Morgan fingerprint density at radius 3 is 1.36 bits per heavy atom. The van der Waals surface area contributed by atoms with E-state index in [2.05, 4.69) is 25.3 Å². The second-order valence-corrected chi connectivity index (χ2v) is 6.87. The highest BCUT2D eigenvalue weighted by molar-refractivity contribution is 7.82. The Balaban J connectivity index is 1.60. The zero-order valence-electron chi connectivity index (χ0n) is 12.2. The molecule has 2 aliphatic rings. The van der Waals surface area contributed by atoms with Crippen molar-refractivity contribution in [2.45, 2.75) is 49.0 Å². The number of rotatable bonds is 7. The number of imide groups is 2. The van der Waals surface area contributed by atoms with Crippen molar-refractivity contribution in [2.75, 3.05) is 13.1 Å². The van der Waals surface area contributed by atoms with Gasteiger partial charge in [0.2, 0.25) is 23.6 Å². The Labute approximate surface area is 140 Å². The van der Waals surface area contributed by atoms with Gasteiger partial charge in [-0.1, -0.05) is 12.8 Å². The van der Waals surface area contributed by atoms with E-state index >= 15 is 0 Å². The van der Waals surface area contributed by atoms with Crippen LogP contribution in [0.1, 0.15) is 38.5 Å². The number of nitrogens with zero attached hydrogens (tertiary/aromatic N) is 2. The Hall–Kier alpha value is -1.02. The Kier molecular flexibility index (Phi) is 5.91. The van der Waals surface area contributed by atoms with Crippen LogP contribution in [0.25, 0.3) is 0 Å². The fourth-order valence-corrected chi connectivity index (χ4v) is 3.29. The molecule has 2 heterocycles. The van der Waals surface area contributed by atoms with Crippen LogP contribution in [-0.2, 0) is 19.2 Å². The number of hydrogen-bond acceptors (Lipinski definition) is 6. The van der Waals surface area contributed by atoms with Gasteiger partial charge >= 0.3 is 0 Å². The standard InChI is InChI=1S/C14H20N2O4S2/c17-11-7-9(21)13(19)15(11)5-3-1-2-4-6-16-12(18)8-10(22)14(16)20/h9-10,21-22H,1-8H2/t9-,10-/m1/s1. The summed E-state index contributed by atoms with van der Waals surface area (Å²) in [7, 11) is 0. The maximum atomic E-state index is 11.7. The van der Waals surface area contributed by atoms with Crippen LogP contribution in [0.3, 0.4) is 0 Å². The Bertz CT molecular complexity index is 453. The van der Waals surface area contributed by atoms with Gasteiger partial charge < -0.3 is 0 Å². The summed E-state index contributed by atoms with van der Waals surface area (Å²) < 4.78 is 0. The first-order valence-corrected chi connectivity index (χ1v) is 8.49. The van der Waals surface area contributed by atoms with Gasteiger partial charge in [-0.2, -0.15) is 25.3 Å². The number of carbonyl (C=O) groups is 4. The third kappa shape index (κ3) is 3.84. The van der Waals surface area contributed by atoms with E-state index in [1.807, 2.05) is 0 Å². The molecule has 2 aliphatic heterocycles. The minimum atomic E-state index is -0.492. The molecule has 0 aliphatic carbocycles. The van der Waals surface area contributed by atoms with Crippen molar-refractivity contribution in [1.82, 2.24) is 9.80 Å². The van der Waals surface area contributed by atoms with Gasteiger partial charge in [0, 0.05) is 25.9 Å². The van der Waals surface area contributed by atoms with Crippen LogP contribution in [-0.4, -0.2) is 57.0 Å². The maximum absolute atomic E-state index is 11.7. The molecule has 0 bridgehead atoms. The molecule has 8 heteroatoms. The van der Waals surface area contributed by atoms with Crippen molar-refractivity contribution in [2.24, 2.45) is 0 Å². The van der Waals surface area contributed by atoms with Gasteiger partial charge in [0.25, 0.3) is 0 Å². The van der Waals surface area contributed by atoms with E-state index < -0.39 is 10.5 Å². The van der Waals surface area contributed by atoms with Crippen LogP contribution in [0.15, 0.2) is 0 Å². The van der Waals surface area contributed by atoms with Gasteiger partial charge in [-0.3, -0.25) is 29.0 Å². The van der Waals surface area contributed by atoms with Crippen LogP contribution >= 0.6 is 25.3 Å². The average molecular weight is 344 g/mol. The highest BCUT2D eigenvalue weighted by Gasteiger charge is 2.36. The Morgan fingerprint density at radius 2 is 1.09 bits per heavy atom. The molecule has 0 N–H and O–H groups in total. The number of thiol groups is 2. The van der Waals surface area contributed by atoms with Gasteiger partial charge in [-0.05, 0) is 12.8 Å². The number of likely N-dealkylation sites (tertiary alicyclic amines) is 2. The number of unbranched alkanes of at least 4 members (excludes halogenated alkanes) is 3. The van der Waals surface area contributed by atoms with E-state index in [1.165, 1.54) is 9.80 Å². The molecule has 22 heavy (non-hydrogen) atoms. The molecular formula is C14H20N2O4S2. The molecule has 2 fully saturated rings. The van der Waals surface area contributed by atoms with Crippen molar-refractivity contribution in [1.29, 1.82) is 0 Å². The first-order chi connectivity index (χ1) is 10.4. The zero-order valence-corrected chi connectivity index (χ0v) is 14.0. The van der Waals surface area contributed by atoms with Crippen LogP contribution in [0.5, 0.6) is 0 Å². The molecule has 6 nitrogen and oxygen atoms in total. The topological polar surface area (TPSA) is 74.8 Å². The lowest BCUT2D eigenvalue weighted by atomic mass is 10.2. The molecule has 2 rings (SSSR count). The van der Waals surface area contributed by atoms with Gasteiger partial charge in [-0.15, -0.1) is 0 Å². The zero-order chi connectivity index (χ0) is 16.3. The minimum absolute atomic E-state index is 0.155. The Morgan fingerprint density at radius 1 is 0.727 bits per heavy atom. The maximum Gasteiger partial charge on any atom is 0.242 e. The first-order valence-electron chi connectivity index (χ1n) is 7.46. The van der Waals surface area contributed by atoms with Gasteiger partial charge in [-0.25, -0.2) is 0 Å². The molecule has 2 atom stereocenters. The molecule has 0 aromatic carbocycles. The average Bonchev–Trinajstić information content (AvgIpc) is 2.84. The molecule has 0 radical (unpaired) electrons. The molecule has 4 amide bonds. The number of carbonyl (C=O) groups excluding carboxylic acids is 4. The summed E-state index contributed by atoms with van der Waals surface area (Å²) in [5.41, 5.74) is 0. The van der Waals surface area contributed by atoms with Crippen molar-refractivity contribution >= 4 is 48.9 Å². The van der Waals surface area contributed by atoms with E-state index in [9.17, 15) is 19.2 Å². The van der Waals surface area contributed by atoms with E-state index in [1.54, 1.807) is 0 Å². The molecular weight excluding hydrogens is 324 g/mol. The monoisotopic (exact) mass is 344 g/mol. The molecule has 0 aromatic heterocycles. The lowest BCUT2D eigenvalue weighted by molar-refractivity contribution is -0.140. The third-order valence-electron chi connectivity index (χ3n) is 3.95. The summed E-state index contributed by atoms with van der Waals surface area (Å²) in [6, 6.07) is 0. The number of hydrogen-bond donors (Lipinski definition) is 2. The highest BCUT2D eigenvalue weighted by atomic mass is 32.1. The second kappa shape index (κ2) is 7.50. The fraction of sp³-hybridized carbons (Fsp3) is 0.714. The van der Waals surface area contributed by atoms with Crippen LogP contribution in [0, 0.1) is 0 Å². The van der Waals surface area contributed by atoms with Gasteiger partial charge in [0.15, 0.2) is 0 Å². The highest BCUT2D eigenvalue weighted by Crippen LogP contribution is 2.20. The summed E-state index contributed by atoms with van der Waals surface area (Å²) in [5.74, 6) is -0.723. The van der Waals surface area contributed by atoms with E-state index in [-0.39, 0.29) is 36.5 Å². The summed E-state index contributed by atoms with van der Waals surface area (Å²) >= 11 is 8.14. The molecule has 122 valence electrons. The molecule has 2 saturated heterocycles. The van der Waals surface area contributed by atoms with Crippen LogP contribution in [0.4, 0.5) is 0 Å². The summed E-state index contributed by atoms with van der Waals surface area (Å²) in [4.78, 5) is 49.0. The summed E-state index contributed by atoms with van der Waals surface area (Å²) in [6.07, 6.45) is 3.52. The van der Waals surface area contributed by atoms with Crippen molar-refractivity contribution in [3.63, 3.8) is 0 Å². The normalized spacial score (nSPS) is 25.7. The third-order valence-corrected chi connectivity index (χ3v) is 4.76. The summed E-state index contributed by atoms with van der Waals surface area (Å²) in [6.45, 7) is 0.851. The van der Waals surface area contributed by atoms with Crippen molar-refractivity contribution in [3.05, 3.63) is 0 Å². The minimum Gasteiger partial charge on any atom is -0.282 e. The fourth-order valence-electron chi connectivity index (χ4n) is 2.69. The molecule has 0 saturated carbocycles. The quantitative estimate of drug-likeness (QED) is 0.404. The number of amides is 4. The van der Waals surface area contributed by atoms with E-state index in [0.29, 0.717) is 13.1 Å². The molecule has 0 unspecified atom stereocenters. The predicted molar refractivity (Wildman–Crippen MR) is 86.7 cm³/mol. The van der Waals surface area contributed by atoms with E-state index in [4.69, 9.17) is 0 Å². The smallest absolute Gasteiger partial charge is 0.242 e. The largest absolute Gasteiger partial charge is 0.282 e. The molecule has 0 spiro atoms. The van der Waals surface area contributed by atoms with E-state index in [0.717, 1.165) is 25.7 Å². The molecule has 0 aromatic rings. The van der Waals surface area contributed by atoms with Crippen LogP contribution in [0.2, 0.25) is 0 Å². The van der Waals surface area contributed by atoms with Gasteiger partial charge in [0.1, 0.15) is 0 Å². The predicted octanol–water partition coefficient (Wildman–Crippen LogP) is 0.661. The van der Waals surface area contributed by atoms with Crippen LogP contribution < -0.4 is 0 Å². The first kappa shape index (κ1) is 17.3. The lowest BCUT2D eigenvalue weighted by Gasteiger charge is -2.15. The SMILES string of the molecule is O=C1C[C@@H](S)C(=O)N1CCCCCCN1C(=O)C[C@@H](S)C1=O. The second-order valence-electron chi connectivity index (χ2n) is 5.62. The van der Waals surface area contributed by atoms with Crippen molar-refractivity contribution < 1.29 is 19.2 Å². The lowest BCUT2D eigenvalue weighted by Crippen LogP contribution is -2.32. The van der Waals surface area contributed by atoms with Gasteiger partial charge in [0.05, 0.1) is 10.5 Å². The summed E-state index contributed by atoms with van der Waals surface area (Å²) in [5, 5.41) is -0.984.